The lowest BCUT2D eigenvalue weighted by Crippen LogP contribution is -2.03. The van der Waals surface area contributed by atoms with Crippen LogP contribution in [-0.2, 0) is 0 Å². The van der Waals surface area contributed by atoms with Crippen molar-refractivity contribution in [1.29, 1.82) is 0 Å². The normalized spacial score (nSPS) is 10.5. The van der Waals surface area contributed by atoms with Crippen LogP contribution in [0.5, 0.6) is 0 Å². The van der Waals surface area contributed by atoms with Gasteiger partial charge in [0.25, 0.3) is 0 Å². The van der Waals surface area contributed by atoms with Gasteiger partial charge in [-0.3, -0.25) is 0 Å². The van der Waals surface area contributed by atoms with Gasteiger partial charge in [0.05, 0.1) is 0 Å². The molecule has 0 bridgehead atoms. The molecule has 0 amide bonds. The average Bonchev–Trinajstić information content (AvgIpc) is 2.50. The van der Waals surface area contributed by atoms with Gasteiger partial charge in [-0.25, -0.2) is 9.97 Å². The molecule has 20 heavy (non-hydrogen) atoms. The summed E-state index contributed by atoms with van der Waals surface area (Å²) >= 11 is 0. The Bertz CT molecular complexity index is 749. The lowest BCUT2D eigenvalue weighted by atomic mass is 10.1. The summed E-state index contributed by atoms with van der Waals surface area (Å²) in [5.74, 6) is 2.14. The molecule has 0 aliphatic carbocycles. The highest BCUT2D eigenvalue weighted by Crippen LogP contribution is 2.24. The standard InChI is InChI=1S/C15H15N5/c1-10-9-18-15(16-2)20-13(10)19-14-12-6-4-3-5-11(12)7-8-17-14/h3-9H,1-2H3,(H2,16,17,18,19,20). The topological polar surface area (TPSA) is 62.7 Å². The first-order valence-electron chi connectivity index (χ1n) is 6.40. The molecule has 0 unspecified atom stereocenters. The van der Waals surface area contributed by atoms with Gasteiger partial charge in [-0.05, 0) is 18.4 Å². The summed E-state index contributed by atoms with van der Waals surface area (Å²) in [7, 11) is 1.80. The van der Waals surface area contributed by atoms with Crippen molar-refractivity contribution >= 4 is 28.4 Å². The van der Waals surface area contributed by atoms with E-state index in [0.29, 0.717) is 5.95 Å². The molecule has 0 aliphatic rings. The fourth-order valence-electron chi connectivity index (χ4n) is 2.02. The number of hydrogen-bond acceptors (Lipinski definition) is 5. The highest BCUT2D eigenvalue weighted by atomic mass is 15.1. The van der Waals surface area contributed by atoms with Crippen LogP contribution in [-0.4, -0.2) is 22.0 Å². The molecule has 0 fully saturated rings. The number of pyridine rings is 1. The molecular formula is C15H15N5. The van der Waals surface area contributed by atoms with Crippen molar-refractivity contribution in [3.8, 4) is 0 Å². The number of rotatable bonds is 3. The summed E-state index contributed by atoms with van der Waals surface area (Å²) < 4.78 is 0. The number of nitrogens with zero attached hydrogens (tertiary/aromatic N) is 3. The van der Waals surface area contributed by atoms with E-state index in [1.165, 1.54) is 0 Å². The molecule has 2 aromatic heterocycles. The second kappa shape index (κ2) is 5.13. The van der Waals surface area contributed by atoms with E-state index < -0.39 is 0 Å². The summed E-state index contributed by atoms with van der Waals surface area (Å²) in [6.45, 7) is 1.97. The minimum absolute atomic E-state index is 0.582. The van der Waals surface area contributed by atoms with Crippen molar-refractivity contribution in [2.45, 2.75) is 6.92 Å². The third-order valence-electron chi connectivity index (χ3n) is 3.11. The van der Waals surface area contributed by atoms with Crippen LogP contribution in [0.15, 0.2) is 42.7 Å². The number of aromatic nitrogens is 3. The van der Waals surface area contributed by atoms with Crippen LogP contribution in [0.25, 0.3) is 10.8 Å². The van der Waals surface area contributed by atoms with E-state index in [9.17, 15) is 0 Å². The van der Waals surface area contributed by atoms with Gasteiger partial charge in [-0.2, -0.15) is 4.98 Å². The Balaban J connectivity index is 2.05. The molecule has 0 spiro atoms. The Morgan fingerprint density at radius 2 is 1.85 bits per heavy atom. The van der Waals surface area contributed by atoms with Crippen molar-refractivity contribution in [2.24, 2.45) is 0 Å². The van der Waals surface area contributed by atoms with Crippen LogP contribution in [0.4, 0.5) is 17.6 Å². The van der Waals surface area contributed by atoms with Gasteiger partial charge in [0.15, 0.2) is 0 Å². The SMILES string of the molecule is CNc1ncc(C)c(Nc2nccc3ccccc23)n1. The van der Waals surface area contributed by atoms with Crippen molar-refractivity contribution in [3.63, 3.8) is 0 Å². The summed E-state index contributed by atoms with van der Waals surface area (Å²) in [6.07, 6.45) is 3.58. The second-order valence-electron chi connectivity index (χ2n) is 4.48. The molecule has 0 atom stereocenters. The number of hydrogen-bond donors (Lipinski definition) is 2. The Morgan fingerprint density at radius 3 is 2.70 bits per heavy atom. The fourth-order valence-corrected chi connectivity index (χ4v) is 2.02. The molecule has 2 heterocycles. The van der Waals surface area contributed by atoms with Gasteiger partial charge in [-0.15, -0.1) is 0 Å². The number of anilines is 3. The first-order chi connectivity index (χ1) is 9.78. The minimum Gasteiger partial charge on any atom is -0.357 e. The van der Waals surface area contributed by atoms with Crippen LogP contribution in [0.3, 0.4) is 0 Å². The van der Waals surface area contributed by atoms with Gasteiger partial charge in [0.1, 0.15) is 11.6 Å². The van der Waals surface area contributed by atoms with E-state index in [0.717, 1.165) is 28.0 Å². The third-order valence-corrected chi connectivity index (χ3v) is 3.11. The zero-order valence-electron chi connectivity index (χ0n) is 11.4. The Morgan fingerprint density at radius 1 is 1.00 bits per heavy atom. The summed E-state index contributed by atoms with van der Waals surface area (Å²) in [6, 6.07) is 10.1. The maximum Gasteiger partial charge on any atom is 0.224 e. The highest BCUT2D eigenvalue weighted by molar-refractivity contribution is 5.93. The maximum absolute atomic E-state index is 4.42. The number of fused-ring (bicyclic) bond motifs is 1. The second-order valence-corrected chi connectivity index (χ2v) is 4.48. The average molecular weight is 265 g/mol. The van der Waals surface area contributed by atoms with Crippen LogP contribution < -0.4 is 10.6 Å². The Labute approximate surface area is 117 Å². The van der Waals surface area contributed by atoms with Gasteiger partial charge >= 0.3 is 0 Å². The van der Waals surface area contributed by atoms with Gasteiger partial charge < -0.3 is 10.6 Å². The maximum atomic E-state index is 4.42. The number of nitrogens with one attached hydrogen (secondary N) is 2. The quantitative estimate of drug-likeness (QED) is 0.761. The predicted octanol–water partition coefficient (Wildman–Crippen LogP) is 3.12. The molecule has 0 saturated carbocycles. The van der Waals surface area contributed by atoms with Gasteiger partial charge in [-0.1, -0.05) is 24.3 Å². The van der Waals surface area contributed by atoms with Crippen LogP contribution in [0, 0.1) is 6.92 Å². The molecule has 5 heteroatoms. The molecular weight excluding hydrogens is 250 g/mol. The lowest BCUT2D eigenvalue weighted by Gasteiger charge is -2.11. The van der Waals surface area contributed by atoms with Crippen molar-refractivity contribution in [2.75, 3.05) is 17.7 Å². The Kier molecular flexibility index (Phi) is 3.16. The van der Waals surface area contributed by atoms with Crippen molar-refractivity contribution in [3.05, 3.63) is 48.3 Å². The van der Waals surface area contributed by atoms with Gasteiger partial charge in [0, 0.05) is 30.4 Å². The summed E-state index contributed by atoms with van der Waals surface area (Å²) in [5.41, 5.74) is 0.971. The van der Waals surface area contributed by atoms with E-state index in [-0.39, 0.29) is 0 Å². The molecule has 3 rings (SSSR count). The van der Waals surface area contributed by atoms with E-state index in [2.05, 4.69) is 31.7 Å². The summed E-state index contributed by atoms with van der Waals surface area (Å²) in [5, 5.41) is 8.44. The highest BCUT2D eigenvalue weighted by Gasteiger charge is 2.06. The molecule has 0 radical (unpaired) electrons. The van der Waals surface area contributed by atoms with Crippen molar-refractivity contribution in [1.82, 2.24) is 15.0 Å². The fraction of sp³-hybridized carbons (Fsp3) is 0.133. The zero-order valence-corrected chi connectivity index (χ0v) is 11.4. The van der Waals surface area contributed by atoms with Crippen LogP contribution in [0.2, 0.25) is 0 Å². The van der Waals surface area contributed by atoms with E-state index in [1.807, 2.05) is 31.2 Å². The van der Waals surface area contributed by atoms with E-state index >= 15 is 0 Å². The first-order valence-corrected chi connectivity index (χ1v) is 6.40. The third kappa shape index (κ3) is 2.25. The Hall–Kier alpha value is -2.69. The first kappa shape index (κ1) is 12.3. The monoisotopic (exact) mass is 265 g/mol. The molecule has 0 aliphatic heterocycles. The smallest absolute Gasteiger partial charge is 0.224 e. The number of benzene rings is 1. The van der Waals surface area contributed by atoms with E-state index in [4.69, 9.17) is 0 Å². The summed E-state index contributed by atoms with van der Waals surface area (Å²) in [4.78, 5) is 13.0. The zero-order chi connectivity index (χ0) is 13.9. The molecule has 2 N–H and O–H groups in total. The van der Waals surface area contributed by atoms with E-state index in [1.54, 1.807) is 19.4 Å². The van der Waals surface area contributed by atoms with Crippen molar-refractivity contribution < 1.29 is 0 Å². The molecule has 3 aromatic rings. The predicted molar refractivity (Wildman–Crippen MR) is 81.3 cm³/mol. The van der Waals surface area contributed by atoms with Crippen LogP contribution in [0.1, 0.15) is 5.56 Å². The molecule has 1 aromatic carbocycles. The number of aryl methyl sites for hydroxylation is 1. The largest absolute Gasteiger partial charge is 0.357 e. The van der Waals surface area contributed by atoms with Gasteiger partial charge in [0.2, 0.25) is 5.95 Å². The lowest BCUT2D eigenvalue weighted by molar-refractivity contribution is 1.12. The molecule has 0 saturated heterocycles. The molecule has 100 valence electrons. The minimum atomic E-state index is 0.582. The molecule has 5 nitrogen and oxygen atoms in total. The van der Waals surface area contributed by atoms with Crippen LogP contribution >= 0.6 is 0 Å².